The van der Waals surface area contributed by atoms with Gasteiger partial charge in [-0.1, -0.05) is 48.0 Å². The lowest BCUT2D eigenvalue weighted by Gasteiger charge is -2.02. The molecule has 1 heteroatoms. The Labute approximate surface area is 88.2 Å². The van der Waals surface area contributed by atoms with Crippen molar-refractivity contribution >= 4 is 11.6 Å². The van der Waals surface area contributed by atoms with E-state index in [2.05, 4.69) is 30.7 Å². The Balaban J connectivity index is 2.35. The summed E-state index contributed by atoms with van der Waals surface area (Å²) in [6, 6.07) is 14.4. The summed E-state index contributed by atoms with van der Waals surface area (Å²) in [5.74, 6) is 0. The van der Waals surface area contributed by atoms with Crippen LogP contribution in [0.2, 0.25) is 5.02 Å². The fraction of sp³-hybridized carbons (Fsp3) is 0. The van der Waals surface area contributed by atoms with E-state index in [0.29, 0.717) is 0 Å². The number of fused-ring (bicyclic) bond motifs is 3. The van der Waals surface area contributed by atoms with Crippen LogP contribution < -0.4 is 0 Å². The minimum Gasteiger partial charge on any atom is -0.0837 e. The molecule has 0 saturated carbocycles. The van der Waals surface area contributed by atoms with Crippen LogP contribution in [0.1, 0.15) is 11.1 Å². The van der Waals surface area contributed by atoms with E-state index in [1.807, 2.05) is 18.2 Å². The lowest BCUT2D eigenvalue weighted by atomic mass is 10.1. The van der Waals surface area contributed by atoms with Gasteiger partial charge in [-0.05, 0) is 22.8 Å². The van der Waals surface area contributed by atoms with Gasteiger partial charge in [-0.25, -0.2) is 0 Å². The third kappa shape index (κ3) is 1.01. The van der Waals surface area contributed by atoms with Crippen LogP contribution in [0.25, 0.3) is 11.1 Å². The number of hydrogen-bond donors (Lipinski definition) is 0. The first-order valence-corrected chi connectivity index (χ1v) is 4.97. The third-order valence-electron chi connectivity index (χ3n) is 2.59. The molecule has 0 nitrogen and oxygen atoms in total. The highest BCUT2D eigenvalue weighted by Crippen LogP contribution is 2.41. The van der Waals surface area contributed by atoms with Crippen molar-refractivity contribution in [3.63, 3.8) is 0 Å². The standard InChI is InChI=1S/C13H8Cl/c14-12-7-3-5-10-8-9-4-1-2-6-11(9)13(10)12/h1-8H. The van der Waals surface area contributed by atoms with Crippen LogP contribution in [-0.4, -0.2) is 0 Å². The summed E-state index contributed by atoms with van der Waals surface area (Å²) in [5, 5.41) is 0.837. The van der Waals surface area contributed by atoms with Gasteiger partial charge in [0.25, 0.3) is 0 Å². The van der Waals surface area contributed by atoms with Gasteiger partial charge in [0.05, 0.1) is 0 Å². The predicted molar refractivity (Wildman–Crippen MR) is 59.4 cm³/mol. The Bertz CT molecular complexity index is 500. The van der Waals surface area contributed by atoms with Gasteiger partial charge in [0.15, 0.2) is 0 Å². The Morgan fingerprint density at radius 1 is 0.786 bits per heavy atom. The molecule has 1 radical (unpaired) electrons. The molecule has 0 spiro atoms. The van der Waals surface area contributed by atoms with Crippen molar-refractivity contribution in [3.05, 3.63) is 65.0 Å². The normalized spacial score (nSPS) is 12.4. The molecule has 0 fully saturated rings. The van der Waals surface area contributed by atoms with Crippen LogP contribution in [0.5, 0.6) is 0 Å². The molecule has 1 aliphatic carbocycles. The second kappa shape index (κ2) is 2.86. The van der Waals surface area contributed by atoms with Crippen molar-refractivity contribution in [3.8, 4) is 11.1 Å². The third-order valence-corrected chi connectivity index (χ3v) is 2.90. The number of hydrogen-bond acceptors (Lipinski definition) is 0. The Morgan fingerprint density at radius 2 is 1.57 bits per heavy atom. The summed E-state index contributed by atoms with van der Waals surface area (Å²) >= 11 is 6.18. The fourth-order valence-corrected chi connectivity index (χ4v) is 2.25. The summed E-state index contributed by atoms with van der Waals surface area (Å²) in [6.07, 6.45) is 2.18. The summed E-state index contributed by atoms with van der Waals surface area (Å²) in [5.41, 5.74) is 4.90. The van der Waals surface area contributed by atoms with Crippen LogP contribution in [-0.2, 0) is 0 Å². The van der Waals surface area contributed by atoms with Gasteiger partial charge in [-0.2, -0.15) is 0 Å². The van der Waals surface area contributed by atoms with E-state index in [1.165, 1.54) is 22.3 Å². The molecule has 14 heavy (non-hydrogen) atoms. The molecule has 0 saturated heterocycles. The van der Waals surface area contributed by atoms with Gasteiger partial charge in [-0.15, -0.1) is 0 Å². The molecule has 0 bridgehead atoms. The molecule has 0 amide bonds. The van der Waals surface area contributed by atoms with Crippen LogP contribution >= 0.6 is 11.6 Å². The monoisotopic (exact) mass is 199 g/mol. The highest BCUT2D eigenvalue weighted by molar-refractivity contribution is 6.33. The Hall–Kier alpha value is -1.27. The van der Waals surface area contributed by atoms with Gasteiger partial charge in [-0.3, -0.25) is 0 Å². The number of benzene rings is 2. The summed E-state index contributed by atoms with van der Waals surface area (Å²) in [6.45, 7) is 0. The van der Waals surface area contributed by atoms with Crippen molar-refractivity contribution < 1.29 is 0 Å². The first kappa shape index (κ1) is 8.07. The SMILES string of the molecule is Clc1cccc2c1-c1ccccc1[CH]2. The molecule has 0 atom stereocenters. The smallest absolute Gasteiger partial charge is 0.0487 e. The van der Waals surface area contributed by atoms with Gasteiger partial charge in [0.2, 0.25) is 0 Å². The topological polar surface area (TPSA) is 0 Å². The van der Waals surface area contributed by atoms with E-state index in [-0.39, 0.29) is 0 Å². The summed E-state index contributed by atoms with van der Waals surface area (Å²) < 4.78 is 0. The molecule has 0 heterocycles. The molecule has 67 valence electrons. The fourth-order valence-electron chi connectivity index (χ4n) is 1.96. The summed E-state index contributed by atoms with van der Waals surface area (Å²) in [7, 11) is 0. The van der Waals surface area contributed by atoms with Crippen molar-refractivity contribution in [1.29, 1.82) is 0 Å². The lowest BCUT2D eigenvalue weighted by Crippen LogP contribution is -1.77. The molecular formula is C13H8Cl. The lowest BCUT2D eigenvalue weighted by molar-refractivity contribution is 1.54. The minimum atomic E-state index is 0.837. The molecule has 2 aromatic carbocycles. The Morgan fingerprint density at radius 3 is 2.50 bits per heavy atom. The van der Waals surface area contributed by atoms with E-state index in [1.54, 1.807) is 0 Å². The summed E-state index contributed by atoms with van der Waals surface area (Å²) in [4.78, 5) is 0. The van der Waals surface area contributed by atoms with Gasteiger partial charge >= 0.3 is 0 Å². The van der Waals surface area contributed by atoms with E-state index >= 15 is 0 Å². The molecule has 0 aromatic heterocycles. The molecule has 0 unspecified atom stereocenters. The second-order valence-corrected chi connectivity index (χ2v) is 3.84. The maximum Gasteiger partial charge on any atom is 0.0487 e. The maximum atomic E-state index is 6.18. The second-order valence-electron chi connectivity index (χ2n) is 3.44. The van der Waals surface area contributed by atoms with E-state index in [0.717, 1.165) is 5.02 Å². The van der Waals surface area contributed by atoms with Crippen molar-refractivity contribution in [2.24, 2.45) is 0 Å². The minimum absolute atomic E-state index is 0.837. The first-order chi connectivity index (χ1) is 6.86. The molecule has 2 aromatic rings. The largest absolute Gasteiger partial charge is 0.0837 e. The molecule has 1 aliphatic rings. The van der Waals surface area contributed by atoms with Crippen LogP contribution in [0.4, 0.5) is 0 Å². The first-order valence-electron chi connectivity index (χ1n) is 4.59. The van der Waals surface area contributed by atoms with Gasteiger partial charge < -0.3 is 0 Å². The van der Waals surface area contributed by atoms with E-state index in [9.17, 15) is 0 Å². The zero-order valence-corrected chi connectivity index (χ0v) is 8.25. The average molecular weight is 200 g/mol. The number of halogens is 1. The van der Waals surface area contributed by atoms with Gasteiger partial charge in [0, 0.05) is 17.0 Å². The zero-order valence-electron chi connectivity index (χ0n) is 7.50. The number of rotatable bonds is 0. The highest BCUT2D eigenvalue weighted by Gasteiger charge is 2.19. The quantitative estimate of drug-likeness (QED) is 0.515. The van der Waals surface area contributed by atoms with Crippen LogP contribution in [0.3, 0.4) is 0 Å². The molecule has 3 rings (SSSR count). The predicted octanol–water partition coefficient (Wildman–Crippen LogP) is 3.92. The van der Waals surface area contributed by atoms with Crippen molar-refractivity contribution in [2.45, 2.75) is 0 Å². The van der Waals surface area contributed by atoms with Crippen LogP contribution in [0.15, 0.2) is 42.5 Å². The molecule has 0 aliphatic heterocycles. The van der Waals surface area contributed by atoms with Gasteiger partial charge in [0.1, 0.15) is 0 Å². The zero-order chi connectivity index (χ0) is 9.54. The average Bonchev–Trinajstić information content (AvgIpc) is 2.57. The Kier molecular flexibility index (Phi) is 1.65. The highest BCUT2D eigenvalue weighted by atomic mass is 35.5. The van der Waals surface area contributed by atoms with E-state index in [4.69, 9.17) is 11.6 Å². The molecule has 0 N–H and O–H groups in total. The van der Waals surface area contributed by atoms with E-state index < -0.39 is 0 Å². The van der Waals surface area contributed by atoms with Crippen LogP contribution in [0, 0.1) is 6.42 Å². The molecular weight excluding hydrogens is 192 g/mol. The van der Waals surface area contributed by atoms with Crippen molar-refractivity contribution in [1.82, 2.24) is 0 Å². The maximum absolute atomic E-state index is 6.18. The van der Waals surface area contributed by atoms with Crippen molar-refractivity contribution in [2.75, 3.05) is 0 Å².